The lowest BCUT2D eigenvalue weighted by Crippen LogP contribution is -2.27. The predicted molar refractivity (Wildman–Crippen MR) is 92.8 cm³/mol. The van der Waals surface area contributed by atoms with Gasteiger partial charge in [0, 0.05) is 19.3 Å². The SMILES string of the molecule is CCn1c(O)c(C=Nc2ccc(OC)cc2)c(=O)n(CC)c1=S. The van der Waals surface area contributed by atoms with Crippen LogP contribution < -0.4 is 10.3 Å². The highest BCUT2D eigenvalue weighted by atomic mass is 32.1. The molecule has 0 atom stereocenters. The minimum atomic E-state index is -0.350. The van der Waals surface area contributed by atoms with E-state index in [2.05, 4.69) is 4.99 Å². The van der Waals surface area contributed by atoms with Crippen LogP contribution in [0.5, 0.6) is 11.6 Å². The normalized spacial score (nSPS) is 11.1. The van der Waals surface area contributed by atoms with E-state index in [0.29, 0.717) is 23.5 Å². The summed E-state index contributed by atoms with van der Waals surface area (Å²) in [6.45, 7) is 4.58. The van der Waals surface area contributed by atoms with Crippen molar-refractivity contribution in [3.8, 4) is 11.6 Å². The number of benzene rings is 1. The van der Waals surface area contributed by atoms with Gasteiger partial charge in [-0.05, 0) is 50.3 Å². The van der Waals surface area contributed by atoms with Gasteiger partial charge in [0.15, 0.2) is 4.77 Å². The number of hydrogen-bond donors (Lipinski definition) is 1. The summed E-state index contributed by atoms with van der Waals surface area (Å²) in [7, 11) is 1.59. The molecule has 0 amide bonds. The smallest absolute Gasteiger partial charge is 0.267 e. The minimum Gasteiger partial charge on any atom is -0.497 e. The molecule has 0 spiro atoms. The van der Waals surface area contributed by atoms with Gasteiger partial charge in [-0.25, -0.2) is 0 Å². The standard InChI is InChI=1S/C16H19N3O3S/c1-4-18-14(20)13(15(21)19(5-2)16(18)23)10-17-11-6-8-12(22-3)9-7-11/h6-10,20H,4-5H2,1-3H3. The molecule has 0 radical (unpaired) electrons. The van der Waals surface area contributed by atoms with Gasteiger partial charge in [-0.15, -0.1) is 0 Å². The highest BCUT2D eigenvalue weighted by Gasteiger charge is 2.13. The Labute approximate surface area is 139 Å². The van der Waals surface area contributed by atoms with Crippen LogP contribution in [-0.4, -0.2) is 27.6 Å². The molecule has 0 bridgehead atoms. The number of ether oxygens (including phenoxy) is 1. The molecule has 0 saturated carbocycles. The molecule has 1 heterocycles. The molecule has 1 N–H and O–H groups in total. The van der Waals surface area contributed by atoms with Crippen molar-refractivity contribution in [1.29, 1.82) is 0 Å². The van der Waals surface area contributed by atoms with E-state index in [9.17, 15) is 9.90 Å². The van der Waals surface area contributed by atoms with Crippen molar-refractivity contribution >= 4 is 24.1 Å². The van der Waals surface area contributed by atoms with Crippen LogP contribution in [0.3, 0.4) is 0 Å². The first-order valence-electron chi connectivity index (χ1n) is 7.28. The molecular formula is C16H19N3O3S. The van der Waals surface area contributed by atoms with Gasteiger partial charge in [0.2, 0.25) is 5.88 Å². The maximum absolute atomic E-state index is 12.4. The average molecular weight is 333 g/mol. The minimum absolute atomic E-state index is 0.123. The van der Waals surface area contributed by atoms with Gasteiger partial charge >= 0.3 is 0 Å². The van der Waals surface area contributed by atoms with Crippen LogP contribution in [0, 0.1) is 4.77 Å². The van der Waals surface area contributed by atoms with E-state index >= 15 is 0 Å². The van der Waals surface area contributed by atoms with E-state index in [-0.39, 0.29) is 17.0 Å². The second-order valence-corrected chi connectivity index (χ2v) is 5.13. The Kier molecular flexibility index (Phi) is 5.33. The zero-order valence-corrected chi connectivity index (χ0v) is 14.1. The molecule has 1 aromatic heterocycles. The first-order chi connectivity index (χ1) is 11.0. The van der Waals surface area contributed by atoms with Crippen LogP contribution in [0.4, 0.5) is 5.69 Å². The molecule has 1 aromatic carbocycles. The second kappa shape index (κ2) is 7.23. The van der Waals surface area contributed by atoms with Crippen molar-refractivity contribution in [3.63, 3.8) is 0 Å². The fourth-order valence-electron chi connectivity index (χ4n) is 2.19. The topological polar surface area (TPSA) is 68.8 Å². The lowest BCUT2D eigenvalue weighted by atomic mass is 10.3. The van der Waals surface area contributed by atoms with Gasteiger partial charge in [0.25, 0.3) is 5.56 Å². The summed E-state index contributed by atoms with van der Waals surface area (Å²) in [5, 5.41) is 10.3. The number of methoxy groups -OCH3 is 1. The van der Waals surface area contributed by atoms with Crippen LogP contribution >= 0.6 is 12.2 Å². The number of nitrogens with zero attached hydrogens (tertiary/aromatic N) is 3. The lowest BCUT2D eigenvalue weighted by molar-refractivity contribution is 0.399. The van der Waals surface area contributed by atoms with E-state index in [4.69, 9.17) is 17.0 Å². The van der Waals surface area contributed by atoms with E-state index in [1.54, 1.807) is 31.4 Å². The first-order valence-corrected chi connectivity index (χ1v) is 7.69. The molecule has 0 fully saturated rings. The van der Waals surface area contributed by atoms with Gasteiger partial charge in [0.1, 0.15) is 11.3 Å². The van der Waals surface area contributed by atoms with E-state index in [0.717, 1.165) is 5.75 Å². The summed E-state index contributed by atoms with van der Waals surface area (Å²) >= 11 is 5.24. The van der Waals surface area contributed by atoms with Gasteiger partial charge in [-0.2, -0.15) is 0 Å². The Morgan fingerprint density at radius 3 is 2.35 bits per heavy atom. The third kappa shape index (κ3) is 3.34. The summed E-state index contributed by atoms with van der Waals surface area (Å²) in [5.41, 5.74) is 0.424. The third-order valence-corrected chi connectivity index (χ3v) is 3.92. The number of aliphatic imine (C=N–C) groups is 1. The molecule has 7 heteroatoms. The molecule has 0 saturated heterocycles. The number of aromatic hydroxyl groups is 1. The van der Waals surface area contributed by atoms with Crippen molar-refractivity contribution in [2.45, 2.75) is 26.9 Å². The number of rotatable bonds is 5. The van der Waals surface area contributed by atoms with Crippen LogP contribution in [0.25, 0.3) is 0 Å². The first kappa shape index (κ1) is 17.0. The number of aromatic nitrogens is 2. The molecule has 2 rings (SSSR count). The van der Waals surface area contributed by atoms with E-state index < -0.39 is 0 Å². The molecule has 0 aliphatic heterocycles. The van der Waals surface area contributed by atoms with Crippen molar-refractivity contribution in [1.82, 2.24) is 9.13 Å². The summed E-state index contributed by atoms with van der Waals surface area (Å²) in [6.07, 6.45) is 1.37. The molecule has 122 valence electrons. The largest absolute Gasteiger partial charge is 0.497 e. The van der Waals surface area contributed by atoms with Crippen LogP contribution in [0.15, 0.2) is 34.1 Å². The Morgan fingerprint density at radius 1 is 1.22 bits per heavy atom. The van der Waals surface area contributed by atoms with Crippen molar-refractivity contribution in [2.24, 2.45) is 4.99 Å². The van der Waals surface area contributed by atoms with Crippen LogP contribution in [-0.2, 0) is 13.1 Å². The van der Waals surface area contributed by atoms with Gasteiger partial charge < -0.3 is 9.84 Å². The molecule has 6 nitrogen and oxygen atoms in total. The zero-order chi connectivity index (χ0) is 17.0. The highest BCUT2D eigenvalue weighted by Crippen LogP contribution is 2.19. The monoisotopic (exact) mass is 333 g/mol. The predicted octanol–water partition coefficient (Wildman–Crippen LogP) is 2.88. The number of hydrogen-bond acceptors (Lipinski definition) is 5. The maximum atomic E-state index is 12.4. The van der Waals surface area contributed by atoms with Crippen molar-refractivity contribution in [3.05, 3.63) is 45.0 Å². The average Bonchev–Trinajstić information content (AvgIpc) is 2.56. The Balaban J connectivity index is 2.52. The molecule has 0 aliphatic rings. The molecule has 0 unspecified atom stereocenters. The van der Waals surface area contributed by atoms with Gasteiger partial charge in [-0.1, -0.05) is 0 Å². The summed E-state index contributed by atoms with van der Waals surface area (Å²) < 4.78 is 8.34. The van der Waals surface area contributed by atoms with Crippen LogP contribution in [0.1, 0.15) is 19.4 Å². The fourth-order valence-corrected chi connectivity index (χ4v) is 2.62. The Bertz CT molecular complexity index is 835. The second-order valence-electron chi connectivity index (χ2n) is 4.77. The fraction of sp³-hybridized carbons (Fsp3) is 0.312. The highest BCUT2D eigenvalue weighted by molar-refractivity contribution is 7.71. The lowest BCUT2D eigenvalue weighted by Gasteiger charge is -2.13. The molecule has 2 aromatic rings. The van der Waals surface area contributed by atoms with E-state index in [1.165, 1.54) is 15.3 Å². The Morgan fingerprint density at radius 2 is 1.83 bits per heavy atom. The zero-order valence-electron chi connectivity index (χ0n) is 13.3. The van der Waals surface area contributed by atoms with Gasteiger partial charge in [-0.3, -0.25) is 18.9 Å². The van der Waals surface area contributed by atoms with Crippen molar-refractivity contribution in [2.75, 3.05) is 7.11 Å². The van der Waals surface area contributed by atoms with Gasteiger partial charge in [0.05, 0.1) is 12.8 Å². The van der Waals surface area contributed by atoms with Crippen LogP contribution in [0.2, 0.25) is 0 Å². The quantitative estimate of drug-likeness (QED) is 0.675. The molecular weight excluding hydrogens is 314 g/mol. The summed E-state index contributed by atoms with van der Waals surface area (Å²) in [6, 6.07) is 7.07. The third-order valence-electron chi connectivity index (χ3n) is 3.48. The molecule has 23 heavy (non-hydrogen) atoms. The van der Waals surface area contributed by atoms with Crippen molar-refractivity contribution < 1.29 is 9.84 Å². The van der Waals surface area contributed by atoms with E-state index in [1.807, 2.05) is 13.8 Å². The Hall–Kier alpha value is -2.41. The summed E-state index contributed by atoms with van der Waals surface area (Å²) in [5.74, 6) is 0.559. The maximum Gasteiger partial charge on any atom is 0.267 e. The molecule has 0 aliphatic carbocycles. The summed E-state index contributed by atoms with van der Waals surface area (Å²) in [4.78, 5) is 16.7.